The molecule has 3 heteroatoms. The molecule has 0 heterocycles. The minimum Gasteiger partial charge on any atom is -0.380 e. The molecular formula is C10H20ClNO. The van der Waals surface area contributed by atoms with E-state index < -0.39 is 0 Å². The van der Waals surface area contributed by atoms with Crippen LogP contribution in [0.2, 0.25) is 0 Å². The Hall–Kier alpha value is 0.210. The van der Waals surface area contributed by atoms with Gasteiger partial charge in [-0.3, -0.25) is 0 Å². The van der Waals surface area contributed by atoms with E-state index in [-0.39, 0.29) is 11.5 Å². The van der Waals surface area contributed by atoms with Crippen molar-refractivity contribution in [3.05, 3.63) is 0 Å². The van der Waals surface area contributed by atoms with Crippen LogP contribution in [0.4, 0.5) is 0 Å². The van der Waals surface area contributed by atoms with Crippen molar-refractivity contribution in [3.8, 4) is 0 Å². The summed E-state index contributed by atoms with van der Waals surface area (Å²) in [6.07, 6.45) is 1.36. The van der Waals surface area contributed by atoms with Gasteiger partial charge >= 0.3 is 0 Å². The average molecular weight is 206 g/mol. The first-order chi connectivity index (χ1) is 5.98. The molecule has 0 aromatic heterocycles. The van der Waals surface area contributed by atoms with Gasteiger partial charge in [0.15, 0.2) is 0 Å². The molecule has 3 unspecified atom stereocenters. The summed E-state index contributed by atoms with van der Waals surface area (Å²) in [6, 6.07) is 0.549. The van der Waals surface area contributed by atoms with Crippen LogP contribution in [0.1, 0.15) is 27.2 Å². The highest BCUT2D eigenvalue weighted by Crippen LogP contribution is 2.44. The number of halogens is 1. The van der Waals surface area contributed by atoms with Gasteiger partial charge in [0.2, 0.25) is 0 Å². The molecule has 3 atom stereocenters. The molecule has 78 valence electrons. The predicted molar refractivity (Wildman–Crippen MR) is 56.3 cm³/mol. The minimum atomic E-state index is 0.231. The van der Waals surface area contributed by atoms with Crippen molar-refractivity contribution < 1.29 is 4.74 Å². The van der Waals surface area contributed by atoms with Crippen LogP contribution >= 0.6 is 11.6 Å². The van der Waals surface area contributed by atoms with Gasteiger partial charge in [-0.15, -0.1) is 11.6 Å². The molecule has 0 saturated heterocycles. The second kappa shape index (κ2) is 4.16. The Morgan fingerprint density at radius 2 is 2.23 bits per heavy atom. The van der Waals surface area contributed by atoms with Gasteiger partial charge in [0.25, 0.3) is 0 Å². The molecule has 0 spiro atoms. The molecule has 0 radical (unpaired) electrons. The number of rotatable bonds is 4. The third-order valence-corrected chi connectivity index (χ3v) is 3.94. The van der Waals surface area contributed by atoms with Crippen LogP contribution in [0.3, 0.4) is 0 Å². The first kappa shape index (κ1) is 11.3. The maximum atomic E-state index is 6.11. The van der Waals surface area contributed by atoms with Crippen molar-refractivity contribution in [2.75, 3.05) is 13.7 Å². The van der Waals surface area contributed by atoms with Gasteiger partial charge in [0, 0.05) is 25.1 Å². The summed E-state index contributed by atoms with van der Waals surface area (Å²) in [5.74, 6) is 0. The van der Waals surface area contributed by atoms with E-state index in [1.165, 1.54) is 0 Å². The van der Waals surface area contributed by atoms with Crippen molar-refractivity contribution in [2.24, 2.45) is 5.41 Å². The minimum absolute atomic E-state index is 0.231. The van der Waals surface area contributed by atoms with Crippen LogP contribution in [-0.2, 0) is 4.74 Å². The molecule has 0 aliphatic heterocycles. The number of alkyl halides is 1. The monoisotopic (exact) mass is 205 g/mol. The Bertz CT molecular complexity index is 172. The SMILES string of the molecule is COC(C)CNC1CC(Cl)C1(C)C. The van der Waals surface area contributed by atoms with E-state index >= 15 is 0 Å². The van der Waals surface area contributed by atoms with E-state index in [2.05, 4.69) is 26.1 Å². The highest BCUT2D eigenvalue weighted by molar-refractivity contribution is 6.21. The Morgan fingerprint density at radius 3 is 2.62 bits per heavy atom. The second-order valence-electron chi connectivity index (χ2n) is 4.53. The number of nitrogens with one attached hydrogen (secondary N) is 1. The predicted octanol–water partition coefficient (Wildman–Crippen LogP) is 2.02. The molecule has 1 rings (SSSR count). The largest absolute Gasteiger partial charge is 0.380 e. The molecule has 13 heavy (non-hydrogen) atoms. The summed E-state index contributed by atoms with van der Waals surface area (Å²) in [7, 11) is 1.74. The molecule has 0 aromatic rings. The zero-order valence-electron chi connectivity index (χ0n) is 8.93. The van der Waals surface area contributed by atoms with Crippen LogP contribution in [0.15, 0.2) is 0 Å². The number of hydrogen-bond donors (Lipinski definition) is 1. The Balaban J connectivity index is 2.25. The van der Waals surface area contributed by atoms with Crippen LogP contribution in [0, 0.1) is 5.41 Å². The summed E-state index contributed by atoms with van der Waals surface area (Å²) in [4.78, 5) is 0. The van der Waals surface area contributed by atoms with Crippen molar-refractivity contribution in [1.29, 1.82) is 0 Å². The fourth-order valence-electron chi connectivity index (χ4n) is 1.61. The second-order valence-corrected chi connectivity index (χ2v) is 5.06. The number of hydrogen-bond acceptors (Lipinski definition) is 2. The Morgan fingerprint density at radius 1 is 1.62 bits per heavy atom. The third-order valence-electron chi connectivity index (χ3n) is 3.20. The Kier molecular flexibility index (Phi) is 3.61. The van der Waals surface area contributed by atoms with Gasteiger partial charge in [0.1, 0.15) is 0 Å². The van der Waals surface area contributed by atoms with Crippen molar-refractivity contribution in [2.45, 2.75) is 44.7 Å². The van der Waals surface area contributed by atoms with Crippen molar-refractivity contribution in [1.82, 2.24) is 5.32 Å². The van der Waals surface area contributed by atoms with Crippen LogP contribution < -0.4 is 5.32 Å². The Labute approximate surface area is 86.0 Å². The lowest BCUT2D eigenvalue weighted by Gasteiger charge is -2.49. The van der Waals surface area contributed by atoms with Crippen molar-refractivity contribution >= 4 is 11.6 Å². The highest BCUT2D eigenvalue weighted by atomic mass is 35.5. The van der Waals surface area contributed by atoms with Gasteiger partial charge in [-0.05, 0) is 18.8 Å². The third kappa shape index (κ3) is 2.36. The molecule has 0 amide bonds. The van der Waals surface area contributed by atoms with Gasteiger partial charge in [0.05, 0.1) is 6.10 Å². The summed E-state index contributed by atoms with van der Waals surface area (Å²) in [5.41, 5.74) is 0.231. The molecule has 1 aliphatic carbocycles. The van der Waals surface area contributed by atoms with Crippen LogP contribution in [0.5, 0.6) is 0 Å². The first-order valence-corrected chi connectivity index (χ1v) is 5.32. The molecule has 0 bridgehead atoms. The topological polar surface area (TPSA) is 21.3 Å². The summed E-state index contributed by atoms with van der Waals surface area (Å²) in [5, 5.41) is 3.80. The van der Waals surface area contributed by atoms with E-state index in [4.69, 9.17) is 16.3 Å². The highest BCUT2D eigenvalue weighted by Gasteiger charge is 2.46. The average Bonchev–Trinajstić information content (AvgIpc) is 2.11. The van der Waals surface area contributed by atoms with E-state index in [0.29, 0.717) is 11.4 Å². The molecule has 1 N–H and O–H groups in total. The molecule has 2 nitrogen and oxygen atoms in total. The van der Waals surface area contributed by atoms with E-state index in [1.807, 2.05) is 0 Å². The van der Waals surface area contributed by atoms with Crippen molar-refractivity contribution in [3.63, 3.8) is 0 Å². The van der Waals surface area contributed by atoms with Gasteiger partial charge in [-0.25, -0.2) is 0 Å². The summed E-state index contributed by atoms with van der Waals surface area (Å²) < 4.78 is 5.17. The normalized spacial score (nSPS) is 33.9. The fourth-order valence-corrected chi connectivity index (χ4v) is 1.94. The number of methoxy groups -OCH3 is 1. The fraction of sp³-hybridized carbons (Fsp3) is 1.00. The zero-order valence-corrected chi connectivity index (χ0v) is 9.69. The lowest BCUT2D eigenvalue weighted by molar-refractivity contribution is 0.0764. The van der Waals surface area contributed by atoms with Gasteiger partial charge in [-0.1, -0.05) is 13.8 Å². The van der Waals surface area contributed by atoms with Gasteiger partial charge < -0.3 is 10.1 Å². The maximum Gasteiger partial charge on any atom is 0.0667 e. The van der Waals surface area contributed by atoms with Crippen LogP contribution in [0.25, 0.3) is 0 Å². The summed E-state index contributed by atoms with van der Waals surface area (Å²) in [6.45, 7) is 7.40. The molecule has 1 fully saturated rings. The molecule has 1 aliphatic rings. The van der Waals surface area contributed by atoms with E-state index in [9.17, 15) is 0 Å². The lowest BCUT2D eigenvalue weighted by Crippen LogP contribution is -2.58. The summed E-state index contributed by atoms with van der Waals surface area (Å²) >= 11 is 6.11. The quantitative estimate of drug-likeness (QED) is 0.710. The van der Waals surface area contributed by atoms with Crippen LogP contribution in [-0.4, -0.2) is 31.2 Å². The standard InChI is InChI=1S/C10H20ClNO/c1-7(13-4)6-12-9-5-8(11)10(9,2)3/h7-9,12H,5-6H2,1-4H3. The smallest absolute Gasteiger partial charge is 0.0667 e. The molecule has 1 saturated carbocycles. The zero-order chi connectivity index (χ0) is 10.1. The first-order valence-electron chi connectivity index (χ1n) is 4.88. The lowest BCUT2D eigenvalue weighted by atomic mass is 9.67. The number of ether oxygens (including phenoxy) is 1. The maximum absolute atomic E-state index is 6.11. The van der Waals surface area contributed by atoms with E-state index in [0.717, 1.165) is 13.0 Å². The van der Waals surface area contributed by atoms with Gasteiger partial charge in [-0.2, -0.15) is 0 Å². The van der Waals surface area contributed by atoms with E-state index in [1.54, 1.807) is 7.11 Å². The molecule has 0 aromatic carbocycles. The molecular weight excluding hydrogens is 186 g/mol.